The molecule has 0 spiro atoms. The lowest BCUT2D eigenvalue weighted by Gasteiger charge is -2.06. The molecular weight excluding hydrogens is 284 g/mol. The van der Waals surface area contributed by atoms with Crippen LogP contribution in [0.15, 0.2) is 39.7 Å². The van der Waals surface area contributed by atoms with Crippen LogP contribution >= 0.6 is 0 Å². The van der Waals surface area contributed by atoms with Crippen LogP contribution in [-0.2, 0) is 11.3 Å². The van der Waals surface area contributed by atoms with Gasteiger partial charge >= 0.3 is 5.97 Å². The van der Waals surface area contributed by atoms with Crippen LogP contribution in [0, 0.1) is 13.8 Å². The molecule has 0 radical (unpaired) electrons. The second-order valence-electron chi connectivity index (χ2n) is 4.95. The van der Waals surface area contributed by atoms with Crippen LogP contribution in [0.4, 0.5) is 0 Å². The van der Waals surface area contributed by atoms with Crippen LogP contribution in [0.25, 0.3) is 10.9 Å². The fourth-order valence-corrected chi connectivity index (χ4v) is 2.23. The number of ether oxygens (including phenoxy) is 1. The number of furan rings is 1. The normalized spacial score (nSPS) is 10.8. The molecule has 1 aromatic carbocycles. The Morgan fingerprint density at radius 3 is 2.86 bits per heavy atom. The molecule has 1 N–H and O–H groups in total. The Kier molecular flexibility index (Phi) is 3.50. The standard InChI is InChI=1S/C16H14N2O4/c1-9-4-3-5-12-14(9)17-13(18-15(12)19)8-22-16(20)11-6-7-21-10(11)2/h3-7H,8H2,1-2H3,(H,17,18,19). The van der Waals surface area contributed by atoms with Gasteiger partial charge in [0.25, 0.3) is 5.56 Å². The van der Waals surface area contributed by atoms with Crippen molar-refractivity contribution >= 4 is 16.9 Å². The fraction of sp³-hybridized carbons (Fsp3) is 0.188. The molecule has 0 amide bonds. The van der Waals surface area contributed by atoms with Crippen LogP contribution in [0.2, 0.25) is 0 Å². The molecule has 3 aromatic rings. The van der Waals surface area contributed by atoms with E-state index in [1.165, 1.54) is 6.26 Å². The zero-order chi connectivity index (χ0) is 15.7. The molecule has 0 fully saturated rings. The van der Waals surface area contributed by atoms with Crippen LogP contribution in [0.3, 0.4) is 0 Å². The average molecular weight is 298 g/mol. The first kappa shape index (κ1) is 14.1. The van der Waals surface area contributed by atoms with Crippen molar-refractivity contribution in [3.05, 3.63) is 63.6 Å². The number of aryl methyl sites for hydroxylation is 2. The molecule has 0 atom stereocenters. The largest absolute Gasteiger partial charge is 0.469 e. The number of esters is 1. The molecular formula is C16H14N2O4. The minimum atomic E-state index is -0.515. The smallest absolute Gasteiger partial charge is 0.342 e. The van der Waals surface area contributed by atoms with Crippen LogP contribution < -0.4 is 5.56 Å². The topological polar surface area (TPSA) is 85.2 Å². The summed E-state index contributed by atoms with van der Waals surface area (Å²) in [6, 6.07) is 6.92. The van der Waals surface area contributed by atoms with E-state index >= 15 is 0 Å². The van der Waals surface area contributed by atoms with E-state index < -0.39 is 5.97 Å². The Morgan fingerprint density at radius 1 is 1.32 bits per heavy atom. The SMILES string of the molecule is Cc1occc1C(=O)OCc1nc2c(C)cccc2c(=O)[nH]1. The number of nitrogens with zero attached hydrogens (tertiary/aromatic N) is 1. The first-order valence-corrected chi connectivity index (χ1v) is 6.76. The van der Waals surface area contributed by atoms with Crippen molar-refractivity contribution in [2.75, 3.05) is 0 Å². The number of carbonyl (C=O) groups is 1. The minimum absolute atomic E-state index is 0.108. The number of rotatable bonds is 3. The van der Waals surface area contributed by atoms with Gasteiger partial charge in [-0.05, 0) is 31.5 Å². The van der Waals surface area contributed by atoms with Crippen molar-refractivity contribution in [2.24, 2.45) is 0 Å². The number of hydrogen-bond acceptors (Lipinski definition) is 5. The molecule has 0 aliphatic heterocycles. The van der Waals surface area contributed by atoms with Gasteiger partial charge in [0, 0.05) is 0 Å². The van der Waals surface area contributed by atoms with Gasteiger partial charge in [-0.1, -0.05) is 12.1 Å². The maximum absolute atomic E-state index is 12.0. The lowest BCUT2D eigenvalue weighted by molar-refractivity contribution is 0.0460. The molecule has 0 saturated carbocycles. The van der Waals surface area contributed by atoms with E-state index in [9.17, 15) is 9.59 Å². The monoisotopic (exact) mass is 298 g/mol. The van der Waals surface area contributed by atoms with E-state index in [0.29, 0.717) is 28.1 Å². The van der Waals surface area contributed by atoms with Crippen LogP contribution in [0.5, 0.6) is 0 Å². The summed E-state index contributed by atoms with van der Waals surface area (Å²) in [7, 11) is 0. The molecule has 6 heteroatoms. The number of H-pyrrole nitrogens is 1. The molecule has 0 unspecified atom stereocenters. The molecule has 22 heavy (non-hydrogen) atoms. The number of carbonyl (C=O) groups excluding carboxylic acids is 1. The molecule has 3 rings (SSSR count). The van der Waals surface area contributed by atoms with Crippen molar-refractivity contribution in [1.82, 2.24) is 9.97 Å². The molecule has 0 aliphatic rings. The summed E-state index contributed by atoms with van der Waals surface area (Å²) in [5, 5.41) is 0.515. The van der Waals surface area contributed by atoms with Gasteiger partial charge in [-0.25, -0.2) is 9.78 Å². The van der Waals surface area contributed by atoms with E-state index in [1.807, 2.05) is 13.0 Å². The second-order valence-corrected chi connectivity index (χ2v) is 4.95. The van der Waals surface area contributed by atoms with Gasteiger partial charge in [-0.3, -0.25) is 4.79 Å². The number of aromatic amines is 1. The van der Waals surface area contributed by atoms with Crippen molar-refractivity contribution < 1.29 is 13.9 Å². The zero-order valence-electron chi connectivity index (χ0n) is 12.2. The number of hydrogen-bond donors (Lipinski definition) is 1. The average Bonchev–Trinajstić information content (AvgIpc) is 2.92. The molecule has 112 valence electrons. The predicted molar refractivity (Wildman–Crippen MR) is 79.7 cm³/mol. The molecule has 0 bridgehead atoms. The number of nitrogens with one attached hydrogen (secondary N) is 1. The summed E-state index contributed by atoms with van der Waals surface area (Å²) in [5.41, 5.74) is 1.61. The summed E-state index contributed by atoms with van der Waals surface area (Å²) >= 11 is 0. The third-order valence-electron chi connectivity index (χ3n) is 3.41. The molecule has 6 nitrogen and oxygen atoms in total. The predicted octanol–water partition coefficient (Wildman–Crippen LogP) is 2.49. The van der Waals surface area contributed by atoms with E-state index in [1.54, 1.807) is 25.1 Å². The number of aromatic nitrogens is 2. The van der Waals surface area contributed by atoms with Gasteiger partial charge in [-0.2, -0.15) is 0 Å². The molecule has 2 aromatic heterocycles. The van der Waals surface area contributed by atoms with Gasteiger partial charge < -0.3 is 14.1 Å². The fourth-order valence-electron chi connectivity index (χ4n) is 2.23. The highest BCUT2D eigenvalue weighted by molar-refractivity contribution is 5.90. The molecule has 2 heterocycles. The molecule has 0 saturated heterocycles. The summed E-state index contributed by atoms with van der Waals surface area (Å²) in [4.78, 5) is 30.9. The maximum Gasteiger partial charge on any atom is 0.342 e. The Morgan fingerprint density at radius 2 is 2.14 bits per heavy atom. The van der Waals surface area contributed by atoms with E-state index in [0.717, 1.165) is 5.56 Å². The van der Waals surface area contributed by atoms with Crippen LogP contribution in [-0.4, -0.2) is 15.9 Å². The van der Waals surface area contributed by atoms with Crippen molar-refractivity contribution in [1.29, 1.82) is 0 Å². The first-order valence-electron chi connectivity index (χ1n) is 6.76. The first-order chi connectivity index (χ1) is 10.6. The molecule has 0 aliphatic carbocycles. The summed E-state index contributed by atoms with van der Waals surface area (Å²) in [6.07, 6.45) is 1.42. The van der Waals surface area contributed by atoms with Gasteiger partial charge in [0.05, 0.1) is 17.2 Å². The number of fused-ring (bicyclic) bond motifs is 1. The van der Waals surface area contributed by atoms with Crippen molar-refractivity contribution in [3.8, 4) is 0 Å². The maximum atomic E-state index is 12.0. The summed E-state index contributed by atoms with van der Waals surface area (Å²) in [6.45, 7) is 3.44. The van der Waals surface area contributed by atoms with E-state index in [-0.39, 0.29) is 12.2 Å². The summed E-state index contributed by atoms with van der Waals surface area (Å²) < 4.78 is 10.2. The van der Waals surface area contributed by atoms with Crippen molar-refractivity contribution in [2.45, 2.75) is 20.5 Å². The zero-order valence-corrected chi connectivity index (χ0v) is 12.2. The quantitative estimate of drug-likeness (QED) is 0.751. The van der Waals surface area contributed by atoms with E-state index in [4.69, 9.17) is 9.15 Å². The Hall–Kier alpha value is -2.89. The summed E-state index contributed by atoms with van der Waals surface area (Å²) in [5.74, 6) is 0.279. The Labute approximate surface area is 125 Å². The van der Waals surface area contributed by atoms with Gasteiger partial charge in [0.15, 0.2) is 0 Å². The minimum Gasteiger partial charge on any atom is -0.469 e. The van der Waals surface area contributed by atoms with Gasteiger partial charge in [-0.15, -0.1) is 0 Å². The number of benzene rings is 1. The second kappa shape index (κ2) is 5.48. The van der Waals surface area contributed by atoms with E-state index in [2.05, 4.69) is 9.97 Å². The third kappa shape index (κ3) is 2.50. The highest BCUT2D eigenvalue weighted by atomic mass is 16.5. The van der Waals surface area contributed by atoms with Gasteiger partial charge in [0.1, 0.15) is 23.8 Å². The lowest BCUT2D eigenvalue weighted by atomic mass is 10.1. The lowest BCUT2D eigenvalue weighted by Crippen LogP contribution is -2.15. The van der Waals surface area contributed by atoms with Crippen LogP contribution in [0.1, 0.15) is 27.5 Å². The highest BCUT2D eigenvalue weighted by Crippen LogP contribution is 2.13. The highest BCUT2D eigenvalue weighted by Gasteiger charge is 2.14. The Bertz CT molecular complexity index is 908. The van der Waals surface area contributed by atoms with Crippen molar-refractivity contribution in [3.63, 3.8) is 0 Å². The number of para-hydroxylation sites is 1. The third-order valence-corrected chi connectivity index (χ3v) is 3.41. The Balaban J connectivity index is 1.86. The van der Waals surface area contributed by atoms with Gasteiger partial charge in [0.2, 0.25) is 0 Å².